The average molecular weight is 335 g/mol. The van der Waals surface area contributed by atoms with Crippen LogP contribution in [-0.2, 0) is 10.0 Å². The lowest BCUT2D eigenvalue weighted by molar-refractivity contribution is 0.405. The van der Waals surface area contributed by atoms with Gasteiger partial charge in [-0.15, -0.1) is 0 Å². The number of sulfonamides is 1. The van der Waals surface area contributed by atoms with Gasteiger partial charge in [-0.1, -0.05) is 17.7 Å². The largest absolute Gasteiger partial charge is 0.497 e. The molecule has 0 aliphatic heterocycles. The molecule has 0 aliphatic rings. The summed E-state index contributed by atoms with van der Waals surface area (Å²) >= 11 is 0. The van der Waals surface area contributed by atoms with Crippen LogP contribution in [0.4, 0.5) is 5.69 Å². The van der Waals surface area contributed by atoms with Crippen molar-refractivity contribution in [3.63, 3.8) is 0 Å². The maximum atomic E-state index is 12.8. The number of methoxy groups -OCH3 is 2. The van der Waals surface area contributed by atoms with Crippen LogP contribution >= 0.6 is 0 Å². The third-order valence-electron chi connectivity index (χ3n) is 3.52. The molecule has 23 heavy (non-hydrogen) atoms. The molecule has 0 amide bonds. The summed E-state index contributed by atoms with van der Waals surface area (Å²) in [6.45, 7) is 5.52. The molecule has 0 atom stereocenters. The average Bonchev–Trinajstić information content (AvgIpc) is 2.45. The third kappa shape index (κ3) is 3.59. The Balaban J connectivity index is 2.51. The van der Waals surface area contributed by atoms with Crippen molar-refractivity contribution in [2.45, 2.75) is 25.7 Å². The van der Waals surface area contributed by atoms with Gasteiger partial charge < -0.3 is 9.47 Å². The van der Waals surface area contributed by atoms with E-state index in [-0.39, 0.29) is 4.90 Å². The van der Waals surface area contributed by atoms with Gasteiger partial charge in [-0.3, -0.25) is 4.72 Å². The lowest BCUT2D eigenvalue weighted by Crippen LogP contribution is -2.16. The summed E-state index contributed by atoms with van der Waals surface area (Å²) in [5.41, 5.74) is 2.78. The van der Waals surface area contributed by atoms with Crippen molar-refractivity contribution >= 4 is 15.7 Å². The summed E-state index contributed by atoms with van der Waals surface area (Å²) in [4.78, 5) is 0.285. The standard InChI is InChI=1S/C17H21NO4S/c1-11-8-12(2)17(13(3)9-11)23(19,20)18-15-10-14(21-4)6-7-16(15)22-5/h6-10,18H,1-5H3. The Morgan fingerprint density at radius 2 is 1.52 bits per heavy atom. The van der Waals surface area contributed by atoms with E-state index in [0.29, 0.717) is 28.3 Å². The van der Waals surface area contributed by atoms with Crippen LogP contribution in [-0.4, -0.2) is 22.6 Å². The highest BCUT2D eigenvalue weighted by atomic mass is 32.2. The molecule has 0 spiro atoms. The highest BCUT2D eigenvalue weighted by Crippen LogP contribution is 2.32. The van der Waals surface area contributed by atoms with Crippen molar-refractivity contribution < 1.29 is 17.9 Å². The highest BCUT2D eigenvalue weighted by molar-refractivity contribution is 7.92. The molecule has 0 heterocycles. The fourth-order valence-electron chi connectivity index (χ4n) is 2.68. The number of hydrogen-bond donors (Lipinski definition) is 1. The van der Waals surface area contributed by atoms with Gasteiger partial charge in [0.15, 0.2) is 0 Å². The van der Waals surface area contributed by atoms with Crippen LogP contribution in [0, 0.1) is 20.8 Å². The number of ether oxygens (including phenoxy) is 2. The van der Waals surface area contributed by atoms with E-state index in [4.69, 9.17) is 9.47 Å². The number of anilines is 1. The lowest BCUT2D eigenvalue weighted by Gasteiger charge is -2.16. The van der Waals surface area contributed by atoms with E-state index in [1.54, 1.807) is 32.0 Å². The van der Waals surface area contributed by atoms with E-state index in [1.807, 2.05) is 19.1 Å². The van der Waals surface area contributed by atoms with E-state index in [9.17, 15) is 8.42 Å². The van der Waals surface area contributed by atoms with Crippen LogP contribution in [0.3, 0.4) is 0 Å². The predicted molar refractivity (Wildman–Crippen MR) is 91.0 cm³/mol. The normalized spacial score (nSPS) is 11.2. The molecule has 0 aromatic heterocycles. The number of benzene rings is 2. The molecule has 2 aromatic carbocycles. The zero-order chi connectivity index (χ0) is 17.2. The second-order valence-corrected chi connectivity index (χ2v) is 7.02. The van der Waals surface area contributed by atoms with Crippen LogP contribution in [0.25, 0.3) is 0 Å². The van der Waals surface area contributed by atoms with Gasteiger partial charge in [0.1, 0.15) is 11.5 Å². The summed E-state index contributed by atoms with van der Waals surface area (Å²) in [6.07, 6.45) is 0. The summed E-state index contributed by atoms with van der Waals surface area (Å²) in [6, 6.07) is 8.66. The minimum Gasteiger partial charge on any atom is -0.497 e. The van der Waals surface area contributed by atoms with Gasteiger partial charge in [0.05, 0.1) is 24.8 Å². The smallest absolute Gasteiger partial charge is 0.262 e. The van der Waals surface area contributed by atoms with Crippen molar-refractivity contribution in [3.05, 3.63) is 47.0 Å². The van der Waals surface area contributed by atoms with E-state index in [2.05, 4.69) is 4.72 Å². The fourth-order valence-corrected chi connectivity index (χ4v) is 4.20. The Morgan fingerprint density at radius 1 is 0.913 bits per heavy atom. The topological polar surface area (TPSA) is 64.6 Å². The van der Waals surface area contributed by atoms with E-state index in [0.717, 1.165) is 5.56 Å². The molecule has 0 saturated heterocycles. The first-order chi connectivity index (χ1) is 10.8. The minimum atomic E-state index is -3.73. The molecule has 0 radical (unpaired) electrons. The Labute approximate surface area is 137 Å². The highest BCUT2D eigenvalue weighted by Gasteiger charge is 2.21. The second-order valence-electron chi connectivity index (χ2n) is 5.40. The molecule has 0 saturated carbocycles. The first-order valence-corrected chi connectivity index (χ1v) is 8.59. The van der Waals surface area contributed by atoms with Crippen molar-refractivity contribution in [1.29, 1.82) is 0 Å². The van der Waals surface area contributed by atoms with Crippen LogP contribution in [0.15, 0.2) is 35.2 Å². The van der Waals surface area contributed by atoms with Gasteiger partial charge >= 0.3 is 0 Å². The first-order valence-electron chi connectivity index (χ1n) is 7.11. The lowest BCUT2D eigenvalue weighted by atomic mass is 10.1. The molecule has 0 aliphatic carbocycles. The number of nitrogens with one attached hydrogen (secondary N) is 1. The maximum absolute atomic E-state index is 12.8. The molecular formula is C17H21NO4S. The van der Waals surface area contributed by atoms with E-state index >= 15 is 0 Å². The van der Waals surface area contributed by atoms with Crippen molar-refractivity contribution in [1.82, 2.24) is 0 Å². The molecule has 2 rings (SSSR count). The molecule has 124 valence electrons. The summed E-state index contributed by atoms with van der Waals surface area (Å²) in [5, 5.41) is 0. The molecule has 0 fully saturated rings. The van der Waals surface area contributed by atoms with Gasteiger partial charge in [0.25, 0.3) is 10.0 Å². The fraction of sp³-hybridized carbons (Fsp3) is 0.294. The van der Waals surface area contributed by atoms with Gasteiger partial charge in [-0.2, -0.15) is 0 Å². The monoisotopic (exact) mass is 335 g/mol. The number of aryl methyl sites for hydroxylation is 3. The first kappa shape index (κ1) is 17.1. The van der Waals surface area contributed by atoms with Crippen LogP contribution < -0.4 is 14.2 Å². The maximum Gasteiger partial charge on any atom is 0.262 e. The Hall–Kier alpha value is -2.21. The summed E-state index contributed by atoms with van der Waals surface area (Å²) < 4.78 is 38.6. The Bertz CT molecular complexity index is 805. The molecule has 6 heteroatoms. The van der Waals surface area contributed by atoms with Gasteiger partial charge in [-0.05, 0) is 44.0 Å². The van der Waals surface area contributed by atoms with Crippen LogP contribution in [0.5, 0.6) is 11.5 Å². The molecule has 0 bridgehead atoms. The Morgan fingerprint density at radius 3 is 2.04 bits per heavy atom. The minimum absolute atomic E-state index is 0.285. The molecule has 5 nitrogen and oxygen atoms in total. The van der Waals surface area contributed by atoms with Crippen LogP contribution in [0.2, 0.25) is 0 Å². The molecule has 2 aromatic rings. The van der Waals surface area contributed by atoms with Crippen molar-refractivity contribution in [2.24, 2.45) is 0 Å². The SMILES string of the molecule is COc1ccc(OC)c(NS(=O)(=O)c2c(C)cc(C)cc2C)c1. The quantitative estimate of drug-likeness (QED) is 0.909. The third-order valence-corrected chi connectivity index (χ3v) is 5.19. The predicted octanol–water partition coefficient (Wildman–Crippen LogP) is 3.43. The second kappa shape index (κ2) is 6.50. The van der Waals surface area contributed by atoms with E-state index < -0.39 is 10.0 Å². The molecule has 0 unspecified atom stereocenters. The van der Waals surface area contributed by atoms with E-state index in [1.165, 1.54) is 14.2 Å². The number of rotatable bonds is 5. The zero-order valence-electron chi connectivity index (χ0n) is 13.9. The van der Waals surface area contributed by atoms with Gasteiger partial charge in [0.2, 0.25) is 0 Å². The van der Waals surface area contributed by atoms with Crippen molar-refractivity contribution in [3.8, 4) is 11.5 Å². The van der Waals surface area contributed by atoms with Gasteiger partial charge in [-0.25, -0.2) is 8.42 Å². The molecule has 1 N–H and O–H groups in total. The Kier molecular flexibility index (Phi) is 4.85. The number of hydrogen-bond acceptors (Lipinski definition) is 4. The summed E-state index contributed by atoms with van der Waals surface area (Å²) in [5.74, 6) is 0.970. The zero-order valence-corrected chi connectivity index (χ0v) is 14.7. The summed E-state index contributed by atoms with van der Waals surface area (Å²) in [7, 11) is -0.724. The molecular weight excluding hydrogens is 314 g/mol. The van der Waals surface area contributed by atoms with Crippen molar-refractivity contribution in [2.75, 3.05) is 18.9 Å². The van der Waals surface area contributed by atoms with Gasteiger partial charge in [0, 0.05) is 6.07 Å². The van der Waals surface area contributed by atoms with Crippen LogP contribution in [0.1, 0.15) is 16.7 Å².